The molecule has 1 fully saturated rings. The minimum atomic E-state index is -2.92. The van der Waals surface area contributed by atoms with Crippen LogP contribution in [0.2, 0.25) is 0 Å². The summed E-state index contributed by atoms with van der Waals surface area (Å²) in [5, 5.41) is 13.7. The van der Waals surface area contributed by atoms with Gasteiger partial charge in [0.15, 0.2) is 5.58 Å². The maximum absolute atomic E-state index is 13.6. The van der Waals surface area contributed by atoms with Crippen molar-refractivity contribution >= 4 is 16.9 Å². The lowest BCUT2D eigenvalue weighted by Gasteiger charge is -2.37. The molecule has 1 unspecified atom stereocenters. The van der Waals surface area contributed by atoms with Crippen LogP contribution in [0.3, 0.4) is 0 Å². The van der Waals surface area contributed by atoms with Gasteiger partial charge in [-0.1, -0.05) is 17.3 Å². The molecule has 22 heavy (non-hydrogen) atoms. The van der Waals surface area contributed by atoms with E-state index in [9.17, 15) is 13.6 Å². The molecule has 0 radical (unpaired) electrons. The summed E-state index contributed by atoms with van der Waals surface area (Å²) in [6.45, 7) is -0.792. The summed E-state index contributed by atoms with van der Waals surface area (Å²) in [6, 6.07) is 7.17. The Morgan fingerprint density at radius 3 is 3.00 bits per heavy atom. The van der Waals surface area contributed by atoms with Gasteiger partial charge in [-0.15, -0.1) is 0 Å². The van der Waals surface area contributed by atoms with Crippen molar-refractivity contribution in [2.45, 2.75) is 18.8 Å². The number of aliphatic hydroxyl groups is 1. The highest BCUT2D eigenvalue weighted by Crippen LogP contribution is 2.33. The van der Waals surface area contributed by atoms with Crippen molar-refractivity contribution in [1.82, 2.24) is 10.1 Å². The minimum absolute atomic E-state index is 0.000728. The molecule has 3 rings (SSSR count). The molecule has 1 amide bonds. The van der Waals surface area contributed by atoms with Gasteiger partial charge in [0, 0.05) is 24.9 Å². The van der Waals surface area contributed by atoms with E-state index in [0.717, 1.165) is 5.39 Å². The number of halogens is 2. The number of aliphatic hydroxyl groups excluding tert-OH is 1. The maximum Gasteiger partial charge on any atom is 0.256 e. The molecular weight excluding hydrogens is 294 g/mol. The van der Waals surface area contributed by atoms with Crippen molar-refractivity contribution in [3.05, 3.63) is 30.0 Å². The van der Waals surface area contributed by atoms with Crippen LogP contribution in [-0.4, -0.2) is 46.7 Å². The van der Waals surface area contributed by atoms with Crippen molar-refractivity contribution in [3.8, 4) is 0 Å². The fourth-order valence-electron chi connectivity index (χ4n) is 2.72. The fourth-order valence-corrected chi connectivity index (χ4v) is 2.72. The minimum Gasteiger partial charge on any atom is -0.396 e. The Kier molecular flexibility index (Phi) is 3.82. The van der Waals surface area contributed by atoms with E-state index in [0.29, 0.717) is 11.3 Å². The van der Waals surface area contributed by atoms with Crippen molar-refractivity contribution < 1.29 is 23.2 Å². The van der Waals surface area contributed by atoms with Gasteiger partial charge in [0.25, 0.3) is 5.92 Å². The first-order chi connectivity index (χ1) is 10.5. The summed E-state index contributed by atoms with van der Waals surface area (Å²) in [5.74, 6) is -4.42. The number of benzene rings is 1. The van der Waals surface area contributed by atoms with Crippen LogP contribution in [0.25, 0.3) is 11.0 Å². The van der Waals surface area contributed by atoms with E-state index in [4.69, 9.17) is 9.63 Å². The van der Waals surface area contributed by atoms with Crippen molar-refractivity contribution in [2.75, 3.05) is 19.7 Å². The molecule has 7 heteroatoms. The summed E-state index contributed by atoms with van der Waals surface area (Å²) in [6.07, 6.45) is -0.426. The topological polar surface area (TPSA) is 66.6 Å². The zero-order chi connectivity index (χ0) is 15.7. The monoisotopic (exact) mass is 310 g/mol. The number of aromatic nitrogens is 1. The number of nitrogens with zero attached hydrogens (tertiary/aromatic N) is 2. The van der Waals surface area contributed by atoms with Crippen LogP contribution in [0.15, 0.2) is 28.8 Å². The van der Waals surface area contributed by atoms with Crippen LogP contribution in [-0.2, 0) is 11.2 Å². The molecule has 1 aromatic heterocycles. The number of fused-ring (bicyclic) bond motifs is 1. The van der Waals surface area contributed by atoms with Gasteiger partial charge in [-0.3, -0.25) is 4.79 Å². The van der Waals surface area contributed by atoms with Gasteiger partial charge in [0.2, 0.25) is 5.91 Å². The molecule has 0 bridgehead atoms. The first-order valence-corrected chi connectivity index (χ1v) is 7.11. The molecule has 2 heterocycles. The SMILES string of the molecule is O=C(Cc1noc2ccccc12)N1CCC(F)(F)C(CO)C1. The molecule has 0 saturated carbocycles. The average Bonchev–Trinajstić information content (AvgIpc) is 2.90. The van der Waals surface area contributed by atoms with Gasteiger partial charge >= 0.3 is 0 Å². The second kappa shape index (κ2) is 5.64. The predicted molar refractivity (Wildman–Crippen MR) is 74.4 cm³/mol. The average molecular weight is 310 g/mol. The van der Waals surface area contributed by atoms with Crippen LogP contribution in [0.4, 0.5) is 8.78 Å². The third kappa shape index (κ3) is 2.68. The van der Waals surface area contributed by atoms with Gasteiger partial charge in [0.05, 0.1) is 18.9 Å². The van der Waals surface area contributed by atoms with Crippen LogP contribution in [0.1, 0.15) is 12.1 Å². The Morgan fingerprint density at radius 1 is 1.45 bits per heavy atom. The highest BCUT2D eigenvalue weighted by atomic mass is 19.3. The Morgan fingerprint density at radius 2 is 2.23 bits per heavy atom. The predicted octanol–water partition coefficient (Wildman–Crippen LogP) is 1.85. The summed E-state index contributed by atoms with van der Waals surface area (Å²) < 4.78 is 32.3. The van der Waals surface area contributed by atoms with E-state index >= 15 is 0 Å². The van der Waals surface area contributed by atoms with Gasteiger partial charge < -0.3 is 14.5 Å². The van der Waals surface area contributed by atoms with Gasteiger partial charge in [-0.25, -0.2) is 8.78 Å². The van der Waals surface area contributed by atoms with E-state index in [-0.39, 0.29) is 25.4 Å². The number of likely N-dealkylation sites (tertiary alicyclic amines) is 1. The third-order valence-corrected chi connectivity index (χ3v) is 4.10. The van der Waals surface area contributed by atoms with E-state index < -0.39 is 24.9 Å². The van der Waals surface area contributed by atoms with E-state index in [1.165, 1.54) is 4.90 Å². The molecule has 1 aliphatic heterocycles. The number of amides is 1. The van der Waals surface area contributed by atoms with Crippen LogP contribution in [0.5, 0.6) is 0 Å². The lowest BCUT2D eigenvalue weighted by Crippen LogP contribution is -2.51. The molecule has 118 valence electrons. The van der Waals surface area contributed by atoms with E-state index in [2.05, 4.69) is 5.16 Å². The summed E-state index contributed by atoms with van der Waals surface area (Å²) in [4.78, 5) is 13.7. The zero-order valence-electron chi connectivity index (χ0n) is 11.8. The van der Waals surface area contributed by atoms with Crippen LogP contribution >= 0.6 is 0 Å². The zero-order valence-corrected chi connectivity index (χ0v) is 11.8. The van der Waals surface area contributed by atoms with E-state index in [1.807, 2.05) is 6.07 Å². The maximum atomic E-state index is 13.6. The normalized spacial score (nSPS) is 21.2. The number of hydrogen-bond donors (Lipinski definition) is 1. The summed E-state index contributed by atoms with van der Waals surface area (Å²) in [5.41, 5.74) is 1.09. The molecular formula is C15H16F2N2O3. The molecule has 1 atom stereocenters. The Labute approximate surface area is 125 Å². The first kappa shape index (κ1) is 14.9. The lowest BCUT2D eigenvalue weighted by molar-refractivity contribution is -0.148. The Bertz CT molecular complexity index is 686. The third-order valence-electron chi connectivity index (χ3n) is 4.10. The molecule has 5 nitrogen and oxygen atoms in total. The van der Waals surface area contributed by atoms with E-state index in [1.54, 1.807) is 18.2 Å². The number of rotatable bonds is 3. The number of carbonyl (C=O) groups excluding carboxylic acids is 1. The summed E-state index contributed by atoms with van der Waals surface area (Å²) in [7, 11) is 0. The van der Waals surface area contributed by atoms with Crippen LogP contribution < -0.4 is 0 Å². The molecule has 2 aromatic rings. The highest BCUT2D eigenvalue weighted by molar-refractivity contribution is 5.86. The fraction of sp³-hybridized carbons (Fsp3) is 0.467. The van der Waals surface area contributed by atoms with Crippen LogP contribution in [0, 0.1) is 5.92 Å². The molecule has 1 aromatic carbocycles. The van der Waals surface area contributed by atoms with Gasteiger partial charge in [-0.05, 0) is 12.1 Å². The van der Waals surface area contributed by atoms with Gasteiger partial charge in [-0.2, -0.15) is 0 Å². The quantitative estimate of drug-likeness (QED) is 0.939. The standard InChI is InChI=1S/C15H16F2N2O3/c16-15(17)5-6-19(8-10(15)9-20)14(21)7-12-11-3-1-2-4-13(11)22-18-12/h1-4,10,20H,5-9H2. The first-order valence-electron chi connectivity index (χ1n) is 7.11. The number of para-hydroxylation sites is 1. The van der Waals surface area contributed by atoms with Gasteiger partial charge in [0.1, 0.15) is 5.69 Å². The second-order valence-electron chi connectivity index (χ2n) is 5.53. The molecule has 0 aliphatic carbocycles. The van der Waals surface area contributed by atoms with Crippen molar-refractivity contribution in [1.29, 1.82) is 0 Å². The molecule has 1 N–H and O–H groups in total. The molecule has 0 spiro atoms. The number of alkyl halides is 2. The number of hydrogen-bond acceptors (Lipinski definition) is 4. The van der Waals surface area contributed by atoms with Crippen molar-refractivity contribution in [2.24, 2.45) is 5.92 Å². The number of carbonyl (C=O) groups is 1. The highest BCUT2D eigenvalue weighted by Gasteiger charge is 2.44. The summed E-state index contributed by atoms with van der Waals surface area (Å²) >= 11 is 0. The second-order valence-corrected chi connectivity index (χ2v) is 5.53. The smallest absolute Gasteiger partial charge is 0.256 e. The lowest BCUT2D eigenvalue weighted by atomic mass is 9.94. The Hall–Kier alpha value is -2.02. The number of piperidine rings is 1. The molecule has 1 saturated heterocycles. The largest absolute Gasteiger partial charge is 0.396 e. The van der Waals surface area contributed by atoms with Crippen molar-refractivity contribution in [3.63, 3.8) is 0 Å². The molecule has 1 aliphatic rings. The Balaban J connectivity index is 1.72.